The quantitative estimate of drug-likeness (QED) is 0.344. The summed E-state index contributed by atoms with van der Waals surface area (Å²) in [6.07, 6.45) is 0.347. The fraction of sp³-hybridized carbons (Fsp3) is 0.310. The van der Waals surface area contributed by atoms with Crippen LogP contribution in [0.25, 0.3) is 0 Å². The summed E-state index contributed by atoms with van der Waals surface area (Å²) in [5, 5.41) is 3.89. The number of carbonyl (C=O) groups is 2. The van der Waals surface area contributed by atoms with Crippen LogP contribution in [0.1, 0.15) is 36.1 Å². The lowest BCUT2D eigenvalue weighted by molar-refractivity contribution is -0.143. The van der Waals surface area contributed by atoms with Crippen molar-refractivity contribution in [3.8, 4) is 5.75 Å². The van der Waals surface area contributed by atoms with Gasteiger partial charge in [0.1, 0.15) is 11.8 Å². The molecule has 3 aromatic carbocycles. The number of carbonyl (C=O) groups excluding carboxylic acids is 2. The number of ether oxygens (including phenoxy) is 1. The van der Waals surface area contributed by atoms with Crippen molar-refractivity contribution in [3.05, 3.63) is 99.0 Å². The molecule has 0 radical (unpaired) electrons. The Morgan fingerprint density at radius 1 is 0.944 bits per heavy atom. The van der Waals surface area contributed by atoms with Gasteiger partial charge in [-0.15, -0.1) is 0 Å². The van der Waals surface area contributed by atoms with E-state index in [1.54, 1.807) is 23.1 Å². The Labute approximate surface area is 223 Å². The number of amides is 2. The molecule has 36 heavy (non-hydrogen) atoms. The Kier molecular flexibility index (Phi) is 9.80. The molecule has 0 fully saturated rings. The van der Waals surface area contributed by atoms with Crippen LogP contribution in [0.5, 0.6) is 5.75 Å². The molecule has 1 N–H and O–H groups in total. The van der Waals surface area contributed by atoms with Gasteiger partial charge >= 0.3 is 0 Å². The molecule has 0 aliphatic heterocycles. The highest BCUT2D eigenvalue weighted by Crippen LogP contribution is 2.24. The van der Waals surface area contributed by atoms with E-state index in [9.17, 15) is 9.59 Å². The zero-order chi connectivity index (χ0) is 26.2. The summed E-state index contributed by atoms with van der Waals surface area (Å²) in [4.78, 5) is 28.6. The van der Waals surface area contributed by atoms with E-state index >= 15 is 0 Å². The molecule has 0 aromatic heterocycles. The van der Waals surface area contributed by atoms with Crippen molar-refractivity contribution in [3.63, 3.8) is 0 Å². The summed E-state index contributed by atoms with van der Waals surface area (Å²) in [6, 6.07) is 19.6. The zero-order valence-corrected chi connectivity index (χ0v) is 22.6. The van der Waals surface area contributed by atoms with E-state index in [1.165, 1.54) is 0 Å². The third-order valence-corrected chi connectivity index (χ3v) is 6.49. The summed E-state index contributed by atoms with van der Waals surface area (Å²) < 4.78 is 5.86. The zero-order valence-electron chi connectivity index (χ0n) is 21.1. The van der Waals surface area contributed by atoms with Gasteiger partial charge < -0.3 is 15.0 Å². The summed E-state index contributed by atoms with van der Waals surface area (Å²) >= 11 is 12.5. The van der Waals surface area contributed by atoms with E-state index in [2.05, 4.69) is 5.32 Å². The van der Waals surface area contributed by atoms with E-state index in [4.69, 9.17) is 27.9 Å². The number of nitrogens with zero attached hydrogens (tertiary/aromatic N) is 1. The van der Waals surface area contributed by atoms with E-state index < -0.39 is 6.04 Å². The maximum atomic E-state index is 13.6. The van der Waals surface area contributed by atoms with Gasteiger partial charge in [0.25, 0.3) is 5.91 Å². The minimum absolute atomic E-state index is 0.0846. The molecule has 1 unspecified atom stereocenters. The molecule has 5 nitrogen and oxygen atoms in total. The smallest absolute Gasteiger partial charge is 0.261 e. The van der Waals surface area contributed by atoms with Gasteiger partial charge in [0.15, 0.2) is 6.61 Å². The lowest BCUT2D eigenvalue weighted by Gasteiger charge is -2.32. The van der Waals surface area contributed by atoms with Crippen molar-refractivity contribution in [2.75, 3.05) is 6.61 Å². The van der Waals surface area contributed by atoms with Gasteiger partial charge in [-0.25, -0.2) is 0 Å². The minimum atomic E-state index is -0.766. The van der Waals surface area contributed by atoms with Crippen LogP contribution in [0.15, 0.2) is 66.7 Å². The molecule has 0 spiro atoms. The Balaban J connectivity index is 1.94. The molecule has 0 aliphatic rings. The molecule has 190 valence electrons. The SMILES string of the molecule is Cc1ccc(OCC(=O)N(Cc2ccc(Cl)cc2Cl)C(Cc2ccccc2)C(=O)NC(C)C)cc1C. The van der Waals surface area contributed by atoms with Crippen LogP contribution in [0.2, 0.25) is 10.0 Å². The fourth-order valence-corrected chi connectivity index (χ4v) is 4.27. The van der Waals surface area contributed by atoms with Crippen molar-refractivity contribution in [1.82, 2.24) is 10.2 Å². The second kappa shape index (κ2) is 12.8. The van der Waals surface area contributed by atoms with Gasteiger partial charge in [-0.1, -0.05) is 65.7 Å². The monoisotopic (exact) mass is 526 g/mol. The molecule has 0 aliphatic carbocycles. The van der Waals surface area contributed by atoms with Gasteiger partial charge in [0.2, 0.25) is 5.91 Å². The van der Waals surface area contributed by atoms with Crippen LogP contribution in [-0.4, -0.2) is 35.4 Å². The Morgan fingerprint density at radius 3 is 2.31 bits per heavy atom. The predicted octanol–water partition coefficient (Wildman–Crippen LogP) is 6.15. The molecule has 0 saturated carbocycles. The summed E-state index contributed by atoms with van der Waals surface area (Å²) in [5.74, 6) is 0.0414. The molecule has 7 heteroatoms. The Morgan fingerprint density at radius 2 is 1.67 bits per heavy atom. The number of halogens is 2. The molecule has 3 aromatic rings. The van der Waals surface area contributed by atoms with Crippen LogP contribution in [-0.2, 0) is 22.6 Å². The van der Waals surface area contributed by atoms with E-state index in [0.717, 1.165) is 16.7 Å². The lowest BCUT2D eigenvalue weighted by Crippen LogP contribution is -2.52. The van der Waals surface area contributed by atoms with Crippen LogP contribution >= 0.6 is 23.2 Å². The third kappa shape index (κ3) is 7.74. The molecule has 0 bridgehead atoms. The highest BCUT2D eigenvalue weighted by Gasteiger charge is 2.31. The van der Waals surface area contributed by atoms with E-state index in [1.807, 2.05) is 76.2 Å². The average Bonchev–Trinajstić information content (AvgIpc) is 2.83. The minimum Gasteiger partial charge on any atom is -0.484 e. The van der Waals surface area contributed by atoms with E-state index in [0.29, 0.717) is 27.8 Å². The summed E-state index contributed by atoms with van der Waals surface area (Å²) in [7, 11) is 0. The number of aryl methyl sites for hydroxylation is 2. The highest BCUT2D eigenvalue weighted by molar-refractivity contribution is 6.35. The second-order valence-electron chi connectivity index (χ2n) is 9.16. The molecule has 0 saturated heterocycles. The standard InChI is InChI=1S/C29H32Cl2N2O3/c1-19(2)32-29(35)27(15-22-8-6-5-7-9-22)33(17-23-11-12-24(30)16-26(23)31)28(34)18-36-25-13-10-20(3)21(4)14-25/h5-14,16,19,27H,15,17-18H2,1-4H3,(H,32,35). The first-order valence-corrected chi connectivity index (χ1v) is 12.7. The number of nitrogens with one attached hydrogen (secondary N) is 1. The average molecular weight is 527 g/mol. The van der Waals surface area contributed by atoms with Gasteiger partial charge in [0, 0.05) is 29.1 Å². The van der Waals surface area contributed by atoms with Gasteiger partial charge in [-0.2, -0.15) is 0 Å². The summed E-state index contributed by atoms with van der Waals surface area (Å²) in [5.41, 5.74) is 3.84. The fourth-order valence-electron chi connectivity index (χ4n) is 3.80. The van der Waals surface area contributed by atoms with Gasteiger partial charge in [-0.05, 0) is 74.2 Å². The normalized spacial score (nSPS) is 11.8. The highest BCUT2D eigenvalue weighted by atomic mass is 35.5. The molecule has 3 rings (SSSR count). The third-order valence-electron chi connectivity index (χ3n) is 5.90. The van der Waals surface area contributed by atoms with Crippen LogP contribution in [0.4, 0.5) is 0 Å². The molecule has 1 atom stereocenters. The van der Waals surface area contributed by atoms with Gasteiger partial charge in [0.05, 0.1) is 0 Å². The van der Waals surface area contributed by atoms with Crippen LogP contribution in [0, 0.1) is 13.8 Å². The molecule has 2 amide bonds. The lowest BCUT2D eigenvalue weighted by atomic mass is 10.0. The predicted molar refractivity (Wildman–Crippen MR) is 146 cm³/mol. The maximum Gasteiger partial charge on any atom is 0.261 e. The Bertz CT molecular complexity index is 1200. The van der Waals surface area contributed by atoms with Crippen LogP contribution in [0.3, 0.4) is 0 Å². The molecule has 0 heterocycles. The topological polar surface area (TPSA) is 58.6 Å². The van der Waals surface area contributed by atoms with Crippen molar-refractivity contribution in [2.45, 2.75) is 52.7 Å². The molecular formula is C29H32Cl2N2O3. The maximum absolute atomic E-state index is 13.6. The van der Waals surface area contributed by atoms with Crippen molar-refractivity contribution in [1.29, 1.82) is 0 Å². The van der Waals surface area contributed by atoms with Crippen molar-refractivity contribution < 1.29 is 14.3 Å². The second-order valence-corrected chi connectivity index (χ2v) is 10.0. The first-order chi connectivity index (χ1) is 17.1. The first-order valence-electron chi connectivity index (χ1n) is 11.9. The largest absolute Gasteiger partial charge is 0.484 e. The Hall–Kier alpha value is -3.02. The first kappa shape index (κ1) is 27.6. The van der Waals surface area contributed by atoms with Crippen molar-refractivity contribution >= 4 is 35.0 Å². The van der Waals surface area contributed by atoms with Crippen molar-refractivity contribution in [2.24, 2.45) is 0 Å². The molecular weight excluding hydrogens is 495 g/mol. The number of hydrogen-bond donors (Lipinski definition) is 1. The van der Waals surface area contributed by atoms with Gasteiger partial charge in [-0.3, -0.25) is 9.59 Å². The number of benzene rings is 3. The summed E-state index contributed by atoms with van der Waals surface area (Å²) in [6.45, 7) is 7.71. The van der Waals surface area contributed by atoms with Crippen LogP contribution < -0.4 is 10.1 Å². The van der Waals surface area contributed by atoms with E-state index in [-0.39, 0.29) is 31.0 Å². The number of hydrogen-bond acceptors (Lipinski definition) is 3. The number of rotatable bonds is 10.